The Balaban J connectivity index is 1.60. The first-order valence-electron chi connectivity index (χ1n) is 13.4. The van der Waals surface area contributed by atoms with Gasteiger partial charge >= 0.3 is 6.03 Å². The molecule has 214 valence electrons. The average Bonchev–Trinajstić information content (AvgIpc) is 3.29. The molecule has 2 amide bonds. The van der Waals surface area contributed by atoms with Gasteiger partial charge in [0.2, 0.25) is 5.65 Å². The predicted molar refractivity (Wildman–Crippen MR) is 149 cm³/mol. The van der Waals surface area contributed by atoms with Crippen molar-refractivity contribution in [3.8, 4) is 22.9 Å². The molecule has 0 radical (unpaired) electrons. The summed E-state index contributed by atoms with van der Waals surface area (Å²) in [6.07, 6.45) is 11.4. The van der Waals surface area contributed by atoms with Crippen LogP contribution in [0.2, 0.25) is 0 Å². The number of urea groups is 1. The third kappa shape index (κ3) is 6.40. The molecule has 1 saturated carbocycles. The smallest absolute Gasteiger partial charge is 0.318 e. The minimum Gasteiger partial charge on any atom is -0.494 e. The molecule has 1 N–H and O–H groups in total. The van der Waals surface area contributed by atoms with Gasteiger partial charge in [0.15, 0.2) is 0 Å². The quantitative estimate of drug-likeness (QED) is 0.199. The van der Waals surface area contributed by atoms with Crippen molar-refractivity contribution in [2.45, 2.75) is 57.5 Å². The lowest BCUT2D eigenvalue weighted by atomic mass is 10.1. The maximum Gasteiger partial charge on any atom is 0.318 e. The average molecular weight is 555 g/mol. The van der Waals surface area contributed by atoms with E-state index in [1.807, 2.05) is 30.5 Å². The van der Waals surface area contributed by atoms with Crippen LogP contribution in [0, 0.1) is 5.92 Å². The summed E-state index contributed by atoms with van der Waals surface area (Å²) in [7, 11) is 1.55. The lowest BCUT2D eigenvalue weighted by Crippen LogP contribution is -2.46. The number of methoxy groups -OCH3 is 1. The van der Waals surface area contributed by atoms with E-state index in [4.69, 9.17) is 14.5 Å². The largest absolute Gasteiger partial charge is 0.494 e. The second kappa shape index (κ2) is 12.4. The van der Waals surface area contributed by atoms with Gasteiger partial charge in [0.25, 0.3) is 11.8 Å². The fourth-order valence-electron chi connectivity index (χ4n) is 4.71. The number of hydrogen-bond donors (Lipinski definition) is 1. The molecule has 3 aromatic heterocycles. The molecule has 0 spiro atoms. The zero-order valence-electron chi connectivity index (χ0n) is 23.1. The molecule has 1 fully saturated rings. The summed E-state index contributed by atoms with van der Waals surface area (Å²) >= 11 is 0. The van der Waals surface area contributed by atoms with Gasteiger partial charge in [-0.1, -0.05) is 12.2 Å². The number of hydrogen-bond acceptors (Lipinski definition) is 6. The van der Waals surface area contributed by atoms with Gasteiger partial charge in [0, 0.05) is 49.1 Å². The standard InChI is InChI=1S/C29H36F2N6O3/c1-6-9-13-40-27-26-32-11-12-36(26)18-24(35-27)22-15-23(33-17-25(22)39-5)19(4)37(8-3)28(38)34-21(10-7-2)14-20-16-29(20,30)31/h6-7,11-12,15,17-21H,1-2,8-10,13-14,16H2,3-5H3,(H,34,38)/t19-,20?,21?/m1/s1. The molecule has 0 saturated heterocycles. The predicted octanol–water partition coefficient (Wildman–Crippen LogP) is 5.84. The van der Waals surface area contributed by atoms with Crippen LogP contribution in [0.4, 0.5) is 13.6 Å². The molecular weight excluding hydrogens is 518 g/mol. The van der Waals surface area contributed by atoms with Crippen molar-refractivity contribution in [3.63, 3.8) is 0 Å². The number of ether oxygens (including phenoxy) is 2. The van der Waals surface area contributed by atoms with Gasteiger partial charge in [-0.25, -0.2) is 23.5 Å². The van der Waals surface area contributed by atoms with Crippen molar-refractivity contribution in [2.75, 3.05) is 20.3 Å². The second-order valence-electron chi connectivity index (χ2n) is 9.86. The van der Waals surface area contributed by atoms with Gasteiger partial charge in [-0.2, -0.15) is 0 Å². The fourth-order valence-corrected chi connectivity index (χ4v) is 4.71. The Hall–Kier alpha value is -4.02. The van der Waals surface area contributed by atoms with E-state index in [9.17, 15) is 13.6 Å². The molecule has 11 heteroatoms. The summed E-state index contributed by atoms with van der Waals surface area (Å²) in [4.78, 5) is 28.5. The molecule has 4 rings (SSSR count). The number of amides is 2. The number of nitrogens with one attached hydrogen (secondary N) is 1. The zero-order chi connectivity index (χ0) is 28.9. The van der Waals surface area contributed by atoms with Crippen LogP contribution in [-0.4, -0.2) is 62.5 Å². The number of aromatic nitrogens is 4. The minimum absolute atomic E-state index is 0.136. The molecule has 0 aliphatic heterocycles. The summed E-state index contributed by atoms with van der Waals surface area (Å²) in [5.41, 5.74) is 2.45. The van der Waals surface area contributed by atoms with E-state index in [1.165, 1.54) is 0 Å². The van der Waals surface area contributed by atoms with Crippen molar-refractivity contribution in [2.24, 2.45) is 5.92 Å². The number of carbonyl (C=O) groups is 1. The van der Waals surface area contributed by atoms with E-state index < -0.39 is 23.9 Å². The molecule has 9 nitrogen and oxygen atoms in total. The van der Waals surface area contributed by atoms with Crippen LogP contribution in [0.25, 0.3) is 16.9 Å². The fraction of sp³-hybridized carbons (Fsp3) is 0.448. The monoisotopic (exact) mass is 554 g/mol. The number of halogens is 2. The minimum atomic E-state index is -2.64. The summed E-state index contributed by atoms with van der Waals surface area (Å²) in [6.45, 7) is 12.0. The maximum absolute atomic E-state index is 13.5. The summed E-state index contributed by atoms with van der Waals surface area (Å²) in [6, 6.07) is 0.640. The van der Waals surface area contributed by atoms with Crippen molar-refractivity contribution >= 4 is 11.7 Å². The number of imidazole rings is 1. The van der Waals surface area contributed by atoms with Crippen LogP contribution in [0.5, 0.6) is 11.6 Å². The molecule has 40 heavy (non-hydrogen) atoms. The first-order chi connectivity index (χ1) is 19.2. The molecule has 0 bridgehead atoms. The van der Waals surface area contributed by atoms with Crippen LogP contribution in [0.3, 0.4) is 0 Å². The Bertz CT molecular complexity index is 1360. The number of rotatable bonds is 14. The normalized spacial score (nSPS) is 17.1. The Morgan fingerprint density at radius 1 is 1.35 bits per heavy atom. The third-order valence-electron chi connectivity index (χ3n) is 7.09. The first kappa shape index (κ1) is 29.0. The van der Waals surface area contributed by atoms with Crippen LogP contribution < -0.4 is 14.8 Å². The zero-order valence-corrected chi connectivity index (χ0v) is 23.1. The van der Waals surface area contributed by atoms with E-state index in [-0.39, 0.29) is 18.9 Å². The summed E-state index contributed by atoms with van der Waals surface area (Å²) in [5.74, 6) is -2.47. The van der Waals surface area contributed by atoms with E-state index in [1.54, 1.807) is 42.8 Å². The van der Waals surface area contributed by atoms with Gasteiger partial charge in [-0.15, -0.1) is 13.2 Å². The molecule has 3 atom stereocenters. The molecule has 3 heterocycles. The lowest BCUT2D eigenvalue weighted by Gasteiger charge is -2.30. The van der Waals surface area contributed by atoms with Crippen molar-refractivity contribution in [1.29, 1.82) is 0 Å². The third-order valence-corrected chi connectivity index (χ3v) is 7.09. The molecule has 1 aliphatic rings. The Labute approximate surface area is 232 Å². The van der Waals surface area contributed by atoms with E-state index in [2.05, 4.69) is 28.4 Å². The van der Waals surface area contributed by atoms with Gasteiger partial charge in [0.05, 0.1) is 37.3 Å². The molecule has 2 unspecified atom stereocenters. The number of pyridine rings is 1. The van der Waals surface area contributed by atoms with Gasteiger partial charge in [-0.05, 0) is 39.2 Å². The second-order valence-corrected chi connectivity index (χ2v) is 9.86. The van der Waals surface area contributed by atoms with Crippen LogP contribution in [-0.2, 0) is 0 Å². The highest BCUT2D eigenvalue weighted by molar-refractivity contribution is 5.75. The van der Waals surface area contributed by atoms with Crippen LogP contribution in [0.1, 0.15) is 51.3 Å². The summed E-state index contributed by atoms with van der Waals surface area (Å²) in [5, 5.41) is 2.93. The highest BCUT2D eigenvalue weighted by atomic mass is 19.3. The molecule has 3 aromatic rings. The highest BCUT2D eigenvalue weighted by Crippen LogP contribution is 2.51. The topological polar surface area (TPSA) is 93.9 Å². The van der Waals surface area contributed by atoms with E-state index >= 15 is 0 Å². The Morgan fingerprint density at radius 3 is 2.77 bits per heavy atom. The van der Waals surface area contributed by atoms with Gasteiger partial charge in [0.1, 0.15) is 5.75 Å². The van der Waals surface area contributed by atoms with Gasteiger partial charge in [-0.3, -0.25) is 4.98 Å². The first-order valence-corrected chi connectivity index (χ1v) is 13.4. The summed E-state index contributed by atoms with van der Waals surface area (Å²) < 4.78 is 40.4. The van der Waals surface area contributed by atoms with E-state index in [0.29, 0.717) is 60.2 Å². The Morgan fingerprint density at radius 2 is 2.12 bits per heavy atom. The number of fused-ring (bicyclic) bond motifs is 1. The molecule has 0 aromatic carbocycles. The lowest BCUT2D eigenvalue weighted by molar-refractivity contribution is 0.0940. The van der Waals surface area contributed by atoms with Gasteiger partial charge < -0.3 is 24.1 Å². The van der Waals surface area contributed by atoms with Crippen molar-refractivity contribution in [3.05, 3.63) is 61.9 Å². The molecular formula is C29H36F2N6O3. The van der Waals surface area contributed by atoms with Crippen LogP contribution >= 0.6 is 0 Å². The highest BCUT2D eigenvalue weighted by Gasteiger charge is 2.57. The van der Waals surface area contributed by atoms with Crippen molar-refractivity contribution < 1.29 is 23.0 Å². The van der Waals surface area contributed by atoms with Crippen molar-refractivity contribution in [1.82, 2.24) is 29.6 Å². The number of nitrogens with zero attached hydrogens (tertiary/aromatic N) is 5. The maximum atomic E-state index is 13.5. The number of alkyl halides is 2. The number of carbonyl (C=O) groups excluding carboxylic acids is 1. The molecule has 1 aliphatic carbocycles. The SMILES string of the molecule is C=CCCOc1nc(-c2cc([C@@H](C)N(CC)C(=O)NC(CC=C)CC3CC3(F)F)ncc2OC)cn2ccnc12. The van der Waals surface area contributed by atoms with Crippen LogP contribution in [0.15, 0.2) is 56.2 Å². The van der Waals surface area contributed by atoms with E-state index in [0.717, 1.165) is 0 Å². The Kier molecular flexibility index (Phi) is 9.01.